The first-order valence-corrected chi connectivity index (χ1v) is 9.61. The lowest BCUT2D eigenvalue weighted by Crippen LogP contribution is -2.49. The van der Waals surface area contributed by atoms with Gasteiger partial charge in [0.05, 0.1) is 23.6 Å². The largest absolute Gasteiger partial charge is 0.297 e. The molecule has 2 amide bonds. The van der Waals surface area contributed by atoms with Gasteiger partial charge in [-0.05, 0) is 31.6 Å². The Bertz CT molecular complexity index is 941. The summed E-state index contributed by atoms with van der Waals surface area (Å²) in [7, 11) is 0. The Kier molecular flexibility index (Phi) is 4.07. The molecule has 1 aromatic rings. The Morgan fingerprint density at radius 3 is 2.39 bits per heavy atom. The van der Waals surface area contributed by atoms with Crippen molar-refractivity contribution in [2.75, 3.05) is 4.90 Å². The smallest absolute Gasteiger partial charge is 0.240 e. The van der Waals surface area contributed by atoms with E-state index >= 15 is 0 Å². The molecule has 2 saturated heterocycles. The Balaban J connectivity index is 1.81. The first kappa shape index (κ1) is 18.6. The number of benzene rings is 1. The van der Waals surface area contributed by atoms with Crippen LogP contribution in [0.1, 0.15) is 31.9 Å². The molecule has 0 radical (unpaired) electrons. The molecule has 146 valence electrons. The number of hydrogen-bond donors (Lipinski definition) is 0. The molecule has 0 spiro atoms. The minimum absolute atomic E-state index is 0.0684. The van der Waals surface area contributed by atoms with Crippen LogP contribution in [-0.4, -0.2) is 40.9 Å². The van der Waals surface area contributed by atoms with Crippen LogP contribution in [0.5, 0.6) is 0 Å². The Hall–Kier alpha value is -2.76. The number of aryl methyl sites for hydroxylation is 2. The fourth-order valence-electron chi connectivity index (χ4n) is 4.57. The normalized spacial score (nSPS) is 28.8. The predicted octanol–water partition coefficient (Wildman–Crippen LogP) is 2.63. The first-order chi connectivity index (χ1) is 13.1. The lowest BCUT2D eigenvalue weighted by molar-refractivity contribution is -0.136. The van der Waals surface area contributed by atoms with Gasteiger partial charge in [0, 0.05) is 11.6 Å². The molecule has 0 unspecified atom stereocenters. The number of carbonyl (C=O) groups excluding carboxylic acids is 3. The number of rotatable bonds is 2. The molecule has 0 aliphatic carbocycles. The van der Waals surface area contributed by atoms with Gasteiger partial charge in [-0.3, -0.25) is 19.4 Å². The number of carbonyl (C=O) groups is 3. The molecule has 0 N–H and O–H groups in total. The molecule has 0 bridgehead atoms. The summed E-state index contributed by atoms with van der Waals surface area (Å²) < 4.78 is 0. The van der Waals surface area contributed by atoms with Crippen molar-refractivity contribution in [3.8, 4) is 0 Å². The number of imide groups is 1. The first-order valence-electron chi connectivity index (χ1n) is 9.61. The number of ketones is 1. The van der Waals surface area contributed by atoms with E-state index in [1.165, 1.54) is 4.90 Å². The minimum atomic E-state index is -0.733. The molecule has 6 heteroatoms. The van der Waals surface area contributed by atoms with E-state index in [0.29, 0.717) is 5.69 Å². The fraction of sp³-hybridized carbons (Fsp3) is 0.455. The minimum Gasteiger partial charge on any atom is -0.297 e. The maximum Gasteiger partial charge on any atom is 0.240 e. The van der Waals surface area contributed by atoms with Crippen molar-refractivity contribution in [3.63, 3.8) is 0 Å². The van der Waals surface area contributed by atoms with Gasteiger partial charge in [-0.25, -0.2) is 4.90 Å². The molecule has 2 fully saturated rings. The molecule has 6 nitrogen and oxygen atoms in total. The van der Waals surface area contributed by atoms with Crippen LogP contribution in [0.25, 0.3) is 0 Å². The van der Waals surface area contributed by atoms with Crippen LogP contribution in [0.4, 0.5) is 5.69 Å². The number of anilines is 1. The predicted molar refractivity (Wildman–Crippen MR) is 107 cm³/mol. The zero-order valence-corrected chi connectivity index (χ0v) is 16.8. The zero-order valence-electron chi connectivity index (χ0n) is 16.8. The number of Topliss-reactive ketones (excluding diaryl/α,β-unsaturated/α-hetero) is 1. The molecule has 0 saturated carbocycles. The second-order valence-electron chi connectivity index (χ2n) is 8.93. The van der Waals surface area contributed by atoms with Gasteiger partial charge in [-0.1, -0.05) is 44.5 Å². The summed E-state index contributed by atoms with van der Waals surface area (Å²) >= 11 is 0. The van der Waals surface area contributed by atoms with E-state index in [1.807, 2.05) is 58.9 Å². The van der Waals surface area contributed by atoms with Crippen LogP contribution >= 0.6 is 0 Å². The van der Waals surface area contributed by atoms with Crippen molar-refractivity contribution in [1.29, 1.82) is 0 Å². The summed E-state index contributed by atoms with van der Waals surface area (Å²) in [6, 6.07) is 4.56. The van der Waals surface area contributed by atoms with Crippen molar-refractivity contribution < 1.29 is 14.4 Å². The number of fused-ring (bicyclic) bond motifs is 3. The number of amides is 2. The van der Waals surface area contributed by atoms with Gasteiger partial charge in [0.1, 0.15) is 6.04 Å². The van der Waals surface area contributed by atoms with E-state index in [9.17, 15) is 14.4 Å². The molecule has 0 aromatic heterocycles. The third-order valence-electron chi connectivity index (χ3n) is 5.89. The van der Waals surface area contributed by atoms with Gasteiger partial charge in [0.25, 0.3) is 0 Å². The van der Waals surface area contributed by atoms with Gasteiger partial charge in [-0.15, -0.1) is 0 Å². The number of hydrogen-bond acceptors (Lipinski definition) is 5. The number of allylic oxidation sites excluding steroid dienone is 1. The highest BCUT2D eigenvalue weighted by Crippen LogP contribution is 2.47. The zero-order chi connectivity index (χ0) is 20.4. The third-order valence-corrected chi connectivity index (χ3v) is 5.89. The lowest BCUT2D eigenvalue weighted by atomic mass is 9.80. The molecular formula is C22H25N3O3. The number of nitrogens with zero attached hydrogens (tertiary/aromatic N) is 3. The van der Waals surface area contributed by atoms with E-state index in [4.69, 9.17) is 0 Å². The molecular weight excluding hydrogens is 354 g/mol. The Morgan fingerprint density at radius 2 is 1.75 bits per heavy atom. The topological polar surface area (TPSA) is 70.1 Å². The SMILES string of the molecule is Cc1ccc(N2C(=O)[C@@H]3[C@H](C2=O)[C@H](C(=O)C(C)(C)C)N2N=CC=C[C@H]32)c(C)c1. The second-order valence-corrected chi connectivity index (χ2v) is 8.93. The van der Waals surface area contributed by atoms with Crippen molar-refractivity contribution >= 4 is 29.5 Å². The summed E-state index contributed by atoms with van der Waals surface area (Å²) in [4.78, 5) is 41.4. The van der Waals surface area contributed by atoms with Gasteiger partial charge >= 0.3 is 0 Å². The maximum absolute atomic E-state index is 13.5. The summed E-state index contributed by atoms with van der Waals surface area (Å²) in [5.41, 5.74) is 1.90. The maximum atomic E-state index is 13.5. The van der Waals surface area contributed by atoms with Crippen LogP contribution in [-0.2, 0) is 14.4 Å². The van der Waals surface area contributed by atoms with Crippen molar-refractivity contribution in [1.82, 2.24) is 5.01 Å². The van der Waals surface area contributed by atoms with E-state index in [1.54, 1.807) is 17.3 Å². The molecule has 3 heterocycles. The van der Waals surface area contributed by atoms with E-state index in [-0.39, 0.29) is 23.6 Å². The van der Waals surface area contributed by atoms with Crippen molar-refractivity contribution in [2.24, 2.45) is 22.4 Å². The average molecular weight is 379 g/mol. The second kappa shape index (κ2) is 6.12. The van der Waals surface area contributed by atoms with E-state index in [2.05, 4.69) is 5.10 Å². The highest BCUT2D eigenvalue weighted by atomic mass is 16.2. The lowest BCUT2D eigenvalue weighted by Gasteiger charge is -2.33. The van der Waals surface area contributed by atoms with Crippen LogP contribution < -0.4 is 4.90 Å². The summed E-state index contributed by atoms with van der Waals surface area (Å²) in [5.74, 6) is -1.94. The standard InChI is InChI=1S/C22H25N3O3/c1-12-8-9-14(13(2)11-12)24-20(27)16-15-7-6-10-23-25(15)18(17(16)21(24)28)19(26)22(3,4)5/h6-11,15-18H,1-5H3/t15-,16+,17+,18-/m1/s1. The van der Waals surface area contributed by atoms with Crippen LogP contribution in [0.3, 0.4) is 0 Å². The molecule has 4 atom stereocenters. The van der Waals surface area contributed by atoms with Crippen LogP contribution in [0, 0.1) is 31.1 Å². The third kappa shape index (κ3) is 2.54. The van der Waals surface area contributed by atoms with Gasteiger partial charge in [0.2, 0.25) is 11.8 Å². The van der Waals surface area contributed by atoms with E-state index in [0.717, 1.165) is 11.1 Å². The Labute approximate surface area is 164 Å². The van der Waals surface area contributed by atoms with Crippen LogP contribution in [0.15, 0.2) is 35.5 Å². The van der Waals surface area contributed by atoms with Crippen LogP contribution in [0.2, 0.25) is 0 Å². The summed E-state index contributed by atoms with van der Waals surface area (Å²) in [6.07, 6.45) is 5.26. The number of hydrazone groups is 1. The molecule has 4 rings (SSSR count). The fourth-order valence-corrected chi connectivity index (χ4v) is 4.57. The summed E-state index contributed by atoms with van der Waals surface area (Å²) in [6.45, 7) is 9.38. The molecule has 3 aliphatic heterocycles. The molecule has 1 aromatic carbocycles. The average Bonchev–Trinajstić information content (AvgIpc) is 3.08. The van der Waals surface area contributed by atoms with Crippen molar-refractivity contribution in [3.05, 3.63) is 41.5 Å². The van der Waals surface area contributed by atoms with Gasteiger partial charge in [-0.2, -0.15) is 5.10 Å². The molecule has 3 aliphatic rings. The highest BCUT2D eigenvalue weighted by molar-refractivity contribution is 6.24. The highest BCUT2D eigenvalue weighted by Gasteiger charge is 2.64. The van der Waals surface area contributed by atoms with Crippen molar-refractivity contribution in [2.45, 2.75) is 46.7 Å². The van der Waals surface area contributed by atoms with E-state index < -0.39 is 23.3 Å². The van der Waals surface area contributed by atoms with Gasteiger partial charge in [0.15, 0.2) is 5.78 Å². The quantitative estimate of drug-likeness (QED) is 0.741. The monoisotopic (exact) mass is 379 g/mol. The van der Waals surface area contributed by atoms with Gasteiger partial charge < -0.3 is 0 Å². The summed E-state index contributed by atoms with van der Waals surface area (Å²) in [5, 5.41) is 6.03. The Morgan fingerprint density at radius 1 is 1.07 bits per heavy atom. The molecule has 28 heavy (non-hydrogen) atoms.